The van der Waals surface area contributed by atoms with Crippen LogP contribution < -0.4 is 5.73 Å². The number of hydrogen-bond donors (Lipinski definition) is 1. The Bertz CT molecular complexity index is 610. The summed E-state index contributed by atoms with van der Waals surface area (Å²) in [6.45, 7) is 1.65. The van der Waals surface area contributed by atoms with Crippen molar-refractivity contribution in [1.29, 1.82) is 0 Å². The Labute approximate surface area is 107 Å². The molecule has 94 valence electrons. The number of rotatable bonds is 2. The lowest BCUT2D eigenvalue weighted by atomic mass is 10.1. The third-order valence-corrected chi connectivity index (χ3v) is 3.31. The van der Waals surface area contributed by atoms with Crippen LogP contribution in [0.5, 0.6) is 0 Å². The molecule has 0 fully saturated rings. The molecular formula is C12H11FN2O2S. The maximum atomic E-state index is 13.2. The zero-order chi connectivity index (χ0) is 13.3. The van der Waals surface area contributed by atoms with Crippen LogP contribution in [0.3, 0.4) is 0 Å². The van der Waals surface area contributed by atoms with Gasteiger partial charge in [0.25, 0.3) is 0 Å². The lowest BCUT2D eigenvalue weighted by molar-refractivity contribution is 0.0607. The van der Waals surface area contributed by atoms with E-state index in [0.29, 0.717) is 21.7 Å². The normalized spacial score (nSPS) is 10.4. The predicted molar refractivity (Wildman–Crippen MR) is 68.0 cm³/mol. The lowest BCUT2D eigenvalue weighted by Gasteiger charge is -2.03. The van der Waals surface area contributed by atoms with Crippen molar-refractivity contribution in [1.82, 2.24) is 4.98 Å². The van der Waals surface area contributed by atoms with Crippen LogP contribution in [-0.4, -0.2) is 18.1 Å². The Kier molecular flexibility index (Phi) is 3.29. The fourth-order valence-electron chi connectivity index (χ4n) is 1.56. The van der Waals surface area contributed by atoms with Crippen LogP contribution in [0, 0.1) is 12.7 Å². The van der Waals surface area contributed by atoms with Gasteiger partial charge in [-0.3, -0.25) is 0 Å². The monoisotopic (exact) mass is 266 g/mol. The summed E-state index contributed by atoms with van der Waals surface area (Å²) in [5, 5.41) is 0.271. The Balaban J connectivity index is 2.56. The molecular weight excluding hydrogens is 255 g/mol. The Morgan fingerprint density at radius 3 is 2.83 bits per heavy atom. The minimum atomic E-state index is -0.499. The molecule has 2 N–H and O–H groups in total. The van der Waals surface area contributed by atoms with E-state index in [1.807, 2.05) is 0 Å². The van der Waals surface area contributed by atoms with Crippen molar-refractivity contribution in [2.75, 3.05) is 12.8 Å². The average molecular weight is 266 g/mol. The van der Waals surface area contributed by atoms with E-state index >= 15 is 0 Å². The second-order valence-corrected chi connectivity index (χ2v) is 4.72. The van der Waals surface area contributed by atoms with E-state index in [2.05, 4.69) is 9.72 Å². The molecule has 1 aromatic carbocycles. The zero-order valence-corrected chi connectivity index (χ0v) is 10.7. The van der Waals surface area contributed by atoms with Crippen molar-refractivity contribution in [2.45, 2.75) is 6.92 Å². The standard InChI is InChI=1S/C12H11FN2O2S/c1-6-5-7(3-4-8(6)13)9-10(11(16)17-2)18-12(14)15-9/h3-5H,1-2H3,(H2,14,15). The molecule has 1 aromatic heterocycles. The largest absolute Gasteiger partial charge is 0.465 e. The van der Waals surface area contributed by atoms with E-state index in [9.17, 15) is 9.18 Å². The number of methoxy groups -OCH3 is 1. The molecule has 0 saturated carbocycles. The van der Waals surface area contributed by atoms with Crippen molar-refractivity contribution in [3.05, 3.63) is 34.5 Å². The molecule has 0 atom stereocenters. The topological polar surface area (TPSA) is 65.2 Å². The number of esters is 1. The predicted octanol–water partition coefficient (Wildman–Crippen LogP) is 2.63. The van der Waals surface area contributed by atoms with Gasteiger partial charge in [0, 0.05) is 5.56 Å². The molecule has 0 unspecified atom stereocenters. The second-order valence-electron chi connectivity index (χ2n) is 3.69. The number of halogens is 1. The highest BCUT2D eigenvalue weighted by Crippen LogP contribution is 2.31. The van der Waals surface area contributed by atoms with Crippen LogP contribution in [0.25, 0.3) is 11.3 Å². The van der Waals surface area contributed by atoms with Crippen LogP contribution in [0.2, 0.25) is 0 Å². The van der Waals surface area contributed by atoms with E-state index in [0.717, 1.165) is 11.3 Å². The molecule has 0 aliphatic carbocycles. The number of nitrogens with zero attached hydrogens (tertiary/aromatic N) is 1. The Morgan fingerprint density at radius 2 is 2.22 bits per heavy atom. The van der Waals surface area contributed by atoms with Gasteiger partial charge in [-0.1, -0.05) is 11.3 Å². The van der Waals surface area contributed by atoms with Gasteiger partial charge in [-0.15, -0.1) is 0 Å². The number of anilines is 1. The molecule has 0 radical (unpaired) electrons. The van der Waals surface area contributed by atoms with E-state index in [1.165, 1.54) is 13.2 Å². The summed E-state index contributed by atoms with van der Waals surface area (Å²) in [5.74, 6) is -0.803. The number of thiazole rings is 1. The number of nitrogen functional groups attached to an aromatic ring is 1. The molecule has 1 heterocycles. The first-order valence-electron chi connectivity index (χ1n) is 5.14. The highest BCUT2D eigenvalue weighted by Gasteiger charge is 2.19. The first-order chi connectivity index (χ1) is 8.52. The molecule has 2 aromatic rings. The third-order valence-electron chi connectivity index (χ3n) is 2.45. The number of ether oxygens (including phenoxy) is 1. The van der Waals surface area contributed by atoms with Gasteiger partial charge in [-0.25, -0.2) is 14.2 Å². The number of aryl methyl sites for hydroxylation is 1. The van der Waals surface area contributed by atoms with Crippen LogP contribution in [0.4, 0.5) is 9.52 Å². The second kappa shape index (κ2) is 4.73. The maximum absolute atomic E-state index is 13.2. The lowest BCUT2D eigenvalue weighted by Crippen LogP contribution is -2.00. The van der Waals surface area contributed by atoms with Crippen molar-refractivity contribution < 1.29 is 13.9 Å². The molecule has 0 aliphatic heterocycles. The summed E-state index contributed by atoms with van der Waals surface area (Å²) in [7, 11) is 1.29. The molecule has 4 nitrogen and oxygen atoms in total. The van der Waals surface area contributed by atoms with Crippen LogP contribution in [0.1, 0.15) is 15.2 Å². The van der Waals surface area contributed by atoms with Gasteiger partial charge in [0.05, 0.1) is 12.8 Å². The van der Waals surface area contributed by atoms with Crippen molar-refractivity contribution in [3.63, 3.8) is 0 Å². The van der Waals surface area contributed by atoms with Gasteiger partial charge in [0.15, 0.2) is 5.13 Å². The van der Waals surface area contributed by atoms with E-state index < -0.39 is 5.97 Å². The Morgan fingerprint density at radius 1 is 1.50 bits per heavy atom. The summed E-state index contributed by atoms with van der Waals surface area (Å²) in [5.41, 5.74) is 7.15. The molecule has 0 aliphatic rings. The number of aromatic nitrogens is 1. The minimum Gasteiger partial charge on any atom is -0.465 e. The first kappa shape index (κ1) is 12.5. The molecule has 0 spiro atoms. The van der Waals surface area contributed by atoms with Gasteiger partial charge in [-0.2, -0.15) is 0 Å². The number of nitrogens with two attached hydrogens (primary N) is 1. The van der Waals surface area contributed by atoms with Crippen LogP contribution in [0.15, 0.2) is 18.2 Å². The van der Waals surface area contributed by atoms with Crippen molar-refractivity contribution in [3.8, 4) is 11.3 Å². The van der Waals surface area contributed by atoms with Crippen LogP contribution >= 0.6 is 11.3 Å². The summed E-state index contributed by atoms with van der Waals surface area (Å²) < 4.78 is 17.9. The van der Waals surface area contributed by atoms with Crippen LogP contribution in [-0.2, 0) is 4.74 Å². The number of carbonyl (C=O) groups is 1. The maximum Gasteiger partial charge on any atom is 0.350 e. The summed E-state index contributed by atoms with van der Waals surface area (Å²) in [6, 6.07) is 4.51. The average Bonchev–Trinajstić information content (AvgIpc) is 2.74. The van der Waals surface area contributed by atoms with E-state index in [-0.39, 0.29) is 10.9 Å². The first-order valence-corrected chi connectivity index (χ1v) is 5.95. The van der Waals surface area contributed by atoms with Gasteiger partial charge in [-0.05, 0) is 30.7 Å². The molecule has 0 saturated heterocycles. The summed E-state index contributed by atoms with van der Waals surface area (Å²) >= 11 is 1.05. The number of hydrogen-bond acceptors (Lipinski definition) is 5. The third kappa shape index (κ3) is 2.19. The molecule has 2 rings (SSSR count). The fourth-order valence-corrected chi connectivity index (χ4v) is 2.33. The molecule has 0 amide bonds. The van der Waals surface area contributed by atoms with Gasteiger partial charge in [0.1, 0.15) is 10.7 Å². The van der Waals surface area contributed by atoms with Gasteiger partial charge in [0.2, 0.25) is 0 Å². The minimum absolute atomic E-state index is 0.271. The SMILES string of the molecule is COC(=O)c1sc(N)nc1-c1ccc(F)c(C)c1. The van der Waals surface area contributed by atoms with Gasteiger partial charge >= 0.3 is 5.97 Å². The smallest absolute Gasteiger partial charge is 0.350 e. The quantitative estimate of drug-likeness (QED) is 0.849. The Hall–Kier alpha value is -1.95. The van der Waals surface area contributed by atoms with E-state index in [1.54, 1.807) is 19.1 Å². The summed E-state index contributed by atoms with van der Waals surface area (Å²) in [4.78, 5) is 16.0. The highest BCUT2D eigenvalue weighted by molar-refractivity contribution is 7.17. The van der Waals surface area contributed by atoms with Crippen molar-refractivity contribution in [2.24, 2.45) is 0 Å². The zero-order valence-electron chi connectivity index (χ0n) is 9.86. The van der Waals surface area contributed by atoms with Gasteiger partial charge < -0.3 is 10.5 Å². The van der Waals surface area contributed by atoms with Crippen molar-refractivity contribution >= 4 is 22.4 Å². The molecule has 18 heavy (non-hydrogen) atoms. The van der Waals surface area contributed by atoms with E-state index in [4.69, 9.17) is 5.73 Å². The fraction of sp³-hybridized carbons (Fsp3) is 0.167. The molecule has 6 heteroatoms. The number of carbonyl (C=O) groups excluding carboxylic acids is 1. The highest BCUT2D eigenvalue weighted by atomic mass is 32.1. The summed E-state index contributed by atoms with van der Waals surface area (Å²) in [6.07, 6.45) is 0. The molecule has 0 bridgehead atoms. The number of benzene rings is 1.